The highest BCUT2D eigenvalue weighted by atomic mass is 19.3. The third kappa shape index (κ3) is 7.16. The van der Waals surface area contributed by atoms with Crippen molar-refractivity contribution in [2.45, 2.75) is 19.9 Å². The molecule has 4 aromatic rings. The Morgan fingerprint density at radius 2 is 1.62 bits per heavy atom. The zero-order chi connectivity index (χ0) is 27.9. The summed E-state index contributed by atoms with van der Waals surface area (Å²) in [5.41, 5.74) is 2.96. The molecule has 0 atom stereocenters. The van der Waals surface area contributed by atoms with Crippen LogP contribution in [0.4, 0.5) is 35.0 Å². The number of halogens is 3. The van der Waals surface area contributed by atoms with Crippen LogP contribution in [0.3, 0.4) is 0 Å². The van der Waals surface area contributed by atoms with Crippen molar-refractivity contribution in [3.05, 3.63) is 114 Å². The molecule has 2 amide bonds. The highest BCUT2D eigenvalue weighted by molar-refractivity contribution is 6.03. The van der Waals surface area contributed by atoms with Crippen molar-refractivity contribution in [1.29, 1.82) is 0 Å². The lowest BCUT2D eigenvalue weighted by atomic mass is 9.98. The van der Waals surface area contributed by atoms with Gasteiger partial charge in [-0.3, -0.25) is 0 Å². The highest BCUT2D eigenvalue weighted by Gasteiger charge is 2.20. The Labute approximate surface area is 223 Å². The average Bonchev–Trinajstić information content (AvgIpc) is 2.89. The number of urea groups is 1. The summed E-state index contributed by atoms with van der Waals surface area (Å²) in [6, 6.07) is 23.2. The second-order valence-corrected chi connectivity index (χ2v) is 8.93. The number of anilines is 3. The predicted molar refractivity (Wildman–Crippen MR) is 146 cm³/mol. The van der Waals surface area contributed by atoms with Crippen molar-refractivity contribution in [3.63, 3.8) is 0 Å². The SMILES string of the molecule is Cc1ccc(NC(=O)Nc2cc(-c3cc(F)ccc3C(=O)O)ccc2N(Cc2ccccc2)CC(F)F)cc1. The minimum absolute atomic E-state index is 0.0829. The molecule has 4 rings (SSSR count). The summed E-state index contributed by atoms with van der Waals surface area (Å²) >= 11 is 0. The number of aryl methyl sites for hydroxylation is 1. The molecule has 0 aromatic heterocycles. The molecule has 0 aliphatic heterocycles. The summed E-state index contributed by atoms with van der Waals surface area (Å²) in [6.07, 6.45) is -2.68. The Bertz CT molecular complexity index is 1460. The maximum atomic E-state index is 14.1. The number of hydrogen-bond donors (Lipinski definition) is 3. The molecule has 0 aliphatic rings. The van der Waals surface area contributed by atoms with Gasteiger partial charge in [0.15, 0.2) is 0 Å². The van der Waals surface area contributed by atoms with Crippen molar-refractivity contribution in [3.8, 4) is 11.1 Å². The number of carboxylic acid groups (broad SMARTS) is 1. The fourth-order valence-electron chi connectivity index (χ4n) is 4.16. The molecule has 6 nitrogen and oxygen atoms in total. The topological polar surface area (TPSA) is 81.7 Å². The number of rotatable bonds is 9. The molecular weight excluding hydrogens is 507 g/mol. The van der Waals surface area contributed by atoms with Crippen molar-refractivity contribution in [2.75, 3.05) is 22.1 Å². The van der Waals surface area contributed by atoms with E-state index >= 15 is 0 Å². The summed E-state index contributed by atoms with van der Waals surface area (Å²) in [5.74, 6) is -1.90. The third-order valence-corrected chi connectivity index (χ3v) is 5.99. The number of amides is 2. The lowest BCUT2D eigenvalue weighted by molar-refractivity contribution is 0.0697. The van der Waals surface area contributed by atoms with Crippen molar-refractivity contribution >= 4 is 29.1 Å². The van der Waals surface area contributed by atoms with Gasteiger partial charge in [0.05, 0.1) is 23.5 Å². The van der Waals surface area contributed by atoms with Crippen LogP contribution in [-0.4, -0.2) is 30.1 Å². The van der Waals surface area contributed by atoms with Gasteiger partial charge < -0.3 is 20.6 Å². The molecule has 0 unspecified atom stereocenters. The van der Waals surface area contributed by atoms with Crippen LogP contribution in [0.1, 0.15) is 21.5 Å². The van der Waals surface area contributed by atoms with Gasteiger partial charge in [-0.05, 0) is 66.1 Å². The highest BCUT2D eigenvalue weighted by Crippen LogP contribution is 2.35. The van der Waals surface area contributed by atoms with Gasteiger partial charge in [-0.1, -0.05) is 54.1 Å². The van der Waals surface area contributed by atoms with Gasteiger partial charge in [0.1, 0.15) is 5.82 Å². The summed E-state index contributed by atoms with van der Waals surface area (Å²) in [6.45, 7) is 1.41. The molecule has 0 radical (unpaired) electrons. The van der Waals surface area contributed by atoms with E-state index in [-0.39, 0.29) is 34.6 Å². The van der Waals surface area contributed by atoms with E-state index in [9.17, 15) is 27.9 Å². The number of benzene rings is 4. The van der Waals surface area contributed by atoms with E-state index in [2.05, 4.69) is 10.6 Å². The lowest BCUT2D eigenvalue weighted by Crippen LogP contribution is -2.30. The van der Waals surface area contributed by atoms with E-state index in [1.54, 1.807) is 36.4 Å². The number of nitrogens with one attached hydrogen (secondary N) is 2. The maximum Gasteiger partial charge on any atom is 0.336 e. The summed E-state index contributed by atoms with van der Waals surface area (Å²) in [4.78, 5) is 26.2. The molecule has 0 bridgehead atoms. The van der Waals surface area contributed by atoms with E-state index in [4.69, 9.17) is 0 Å². The molecule has 0 spiro atoms. The van der Waals surface area contributed by atoms with Gasteiger partial charge in [0.2, 0.25) is 0 Å². The summed E-state index contributed by atoms with van der Waals surface area (Å²) < 4.78 is 41.4. The van der Waals surface area contributed by atoms with E-state index in [0.29, 0.717) is 5.69 Å². The molecule has 39 heavy (non-hydrogen) atoms. The van der Waals surface area contributed by atoms with Crippen molar-refractivity contribution in [1.82, 2.24) is 0 Å². The normalized spacial score (nSPS) is 10.8. The predicted octanol–water partition coefficient (Wildman–Crippen LogP) is 7.42. The number of hydrogen-bond acceptors (Lipinski definition) is 3. The van der Waals surface area contributed by atoms with Gasteiger partial charge in [-0.2, -0.15) is 0 Å². The molecule has 0 saturated carbocycles. The minimum atomic E-state index is -2.68. The molecule has 9 heteroatoms. The smallest absolute Gasteiger partial charge is 0.336 e. The van der Waals surface area contributed by atoms with Crippen LogP contribution in [0.5, 0.6) is 0 Å². The van der Waals surface area contributed by atoms with E-state index in [0.717, 1.165) is 29.3 Å². The van der Waals surface area contributed by atoms with Gasteiger partial charge in [0.25, 0.3) is 6.43 Å². The Balaban J connectivity index is 1.77. The summed E-state index contributed by atoms with van der Waals surface area (Å²) in [7, 11) is 0. The molecule has 0 saturated heterocycles. The van der Waals surface area contributed by atoms with Crippen molar-refractivity contribution in [2.24, 2.45) is 0 Å². The second-order valence-electron chi connectivity index (χ2n) is 8.93. The van der Waals surface area contributed by atoms with Crippen LogP contribution in [0, 0.1) is 12.7 Å². The number of carbonyl (C=O) groups is 2. The Morgan fingerprint density at radius 1 is 0.897 bits per heavy atom. The Kier molecular flexibility index (Phi) is 8.50. The average molecular weight is 534 g/mol. The number of alkyl halides is 2. The van der Waals surface area contributed by atoms with Gasteiger partial charge in [0, 0.05) is 12.2 Å². The Hall–Kier alpha value is -4.79. The molecule has 0 aliphatic carbocycles. The number of carboxylic acids is 1. The molecule has 0 heterocycles. The van der Waals surface area contributed by atoms with E-state index < -0.39 is 30.8 Å². The van der Waals surface area contributed by atoms with Gasteiger partial charge >= 0.3 is 12.0 Å². The van der Waals surface area contributed by atoms with Crippen LogP contribution in [0.15, 0.2) is 91.0 Å². The second kappa shape index (κ2) is 12.2. The first-order valence-electron chi connectivity index (χ1n) is 12.1. The number of carbonyl (C=O) groups excluding carboxylic acids is 1. The standard InChI is InChI=1S/C30H26F3N3O3/c1-19-7-11-23(12-8-19)34-30(39)35-26-15-21(25-16-22(31)10-13-24(25)29(37)38)9-14-27(26)36(18-28(32)33)17-20-5-3-2-4-6-20/h2-16,28H,17-18H2,1H3,(H,37,38)(H2,34,35,39). The van der Waals surface area contributed by atoms with Gasteiger partial charge in [-0.15, -0.1) is 0 Å². The first-order chi connectivity index (χ1) is 18.7. The first kappa shape index (κ1) is 27.3. The third-order valence-electron chi connectivity index (χ3n) is 5.99. The fourth-order valence-corrected chi connectivity index (χ4v) is 4.16. The zero-order valence-electron chi connectivity index (χ0n) is 21.0. The lowest BCUT2D eigenvalue weighted by Gasteiger charge is -2.28. The minimum Gasteiger partial charge on any atom is -0.478 e. The first-order valence-corrected chi connectivity index (χ1v) is 12.1. The van der Waals surface area contributed by atoms with E-state index in [1.165, 1.54) is 23.1 Å². The Morgan fingerprint density at radius 3 is 2.28 bits per heavy atom. The zero-order valence-corrected chi connectivity index (χ0v) is 21.0. The summed E-state index contributed by atoms with van der Waals surface area (Å²) in [5, 5.41) is 15.0. The van der Waals surface area contributed by atoms with E-state index in [1.807, 2.05) is 25.1 Å². The largest absolute Gasteiger partial charge is 0.478 e. The van der Waals surface area contributed by atoms with Gasteiger partial charge in [-0.25, -0.2) is 22.8 Å². The molecular formula is C30H26F3N3O3. The molecule has 3 N–H and O–H groups in total. The monoisotopic (exact) mass is 533 g/mol. The maximum absolute atomic E-state index is 14.1. The number of aromatic carboxylic acids is 1. The van der Waals surface area contributed by atoms with Crippen LogP contribution >= 0.6 is 0 Å². The van der Waals surface area contributed by atoms with Crippen molar-refractivity contribution < 1.29 is 27.9 Å². The quantitative estimate of drug-likeness (QED) is 0.209. The number of nitrogens with zero attached hydrogens (tertiary/aromatic N) is 1. The van der Waals surface area contributed by atoms with Crippen LogP contribution in [0.25, 0.3) is 11.1 Å². The molecule has 0 fully saturated rings. The fraction of sp³-hybridized carbons (Fsp3) is 0.133. The van der Waals surface area contributed by atoms with Crippen LogP contribution in [0.2, 0.25) is 0 Å². The van der Waals surface area contributed by atoms with Crippen LogP contribution < -0.4 is 15.5 Å². The molecule has 4 aromatic carbocycles. The molecule has 200 valence electrons. The van der Waals surface area contributed by atoms with Crippen LogP contribution in [-0.2, 0) is 6.54 Å².